The first kappa shape index (κ1) is 50.3. The highest BCUT2D eigenvalue weighted by Gasteiger charge is 2.41. The minimum absolute atomic E-state index is 0.00396. The third kappa shape index (κ3) is 11.9. The average Bonchev–Trinajstić information content (AvgIpc) is 4.14. The Morgan fingerprint density at radius 2 is 1.34 bits per heavy atom. The molecule has 0 aliphatic carbocycles. The Bertz CT molecular complexity index is 2610. The Balaban J connectivity index is 0.00000101. The van der Waals surface area contributed by atoms with Crippen molar-refractivity contribution in [3.8, 4) is 33.8 Å². The smallest absolute Gasteiger partial charge is 0.475 e. The molecule has 4 atom stereocenters. The number of alkyl halides is 3. The number of carboxylic acid groups (broad SMARTS) is 2. The van der Waals surface area contributed by atoms with Crippen molar-refractivity contribution in [2.45, 2.75) is 96.2 Å². The van der Waals surface area contributed by atoms with Gasteiger partial charge in [0.25, 0.3) is 0 Å². The number of carboxylic acids is 1. The second-order valence-corrected chi connectivity index (χ2v) is 17.8. The van der Waals surface area contributed by atoms with E-state index >= 15 is 0 Å². The molecule has 0 spiro atoms. The fourth-order valence-corrected chi connectivity index (χ4v) is 8.17. The van der Waals surface area contributed by atoms with E-state index in [9.17, 15) is 37.5 Å². The Hall–Kier alpha value is -7.10. The highest BCUT2D eigenvalue weighted by molar-refractivity contribution is 5.87. The third-order valence-electron chi connectivity index (χ3n) is 11.5. The number of nitrogens with zero attached hydrogens (tertiary/aromatic N) is 7. The number of hydrogen-bond acceptors (Lipinski definition) is 11. The van der Waals surface area contributed by atoms with Gasteiger partial charge in [0.15, 0.2) is 0 Å². The normalized spacial score (nSPS) is 17.1. The molecule has 68 heavy (non-hydrogen) atoms. The van der Waals surface area contributed by atoms with E-state index in [1.54, 1.807) is 28.4 Å². The molecule has 3 aromatic heterocycles. The molecule has 2 saturated heterocycles. The number of halogens is 3. The van der Waals surface area contributed by atoms with E-state index in [0.29, 0.717) is 35.9 Å². The van der Waals surface area contributed by atoms with Crippen molar-refractivity contribution in [2.24, 2.45) is 5.92 Å². The second-order valence-electron chi connectivity index (χ2n) is 17.8. The van der Waals surface area contributed by atoms with Crippen LogP contribution in [0.25, 0.3) is 44.8 Å². The number of nitrogens with one attached hydrogen (secondary N) is 3. The number of fused-ring (bicyclic) bond motifs is 1. The highest BCUT2D eigenvalue weighted by atomic mass is 19.4. The Morgan fingerprint density at radius 1 is 0.809 bits per heavy atom. The van der Waals surface area contributed by atoms with Crippen LogP contribution in [-0.4, -0.2) is 143 Å². The first-order valence-electron chi connectivity index (χ1n) is 21.9. The van der Waals surface area contributed by atoms with E-state index in [1.807, 2.05) is 77.1 Å². The van der Waals surface area contributed by atoms with Gasteiger partial charge in [0.2, 0.25) is 11.8 Å². The predicted octanol–water partition coefficient (Wildman–Crippen LogP) is 7.21. The lowest BCUT2D eigenvalue weighted by Gasteiger charge is -2.33. The van der Waals surface area contributed by atoms with Crippen LogP contribution in [0.2, 0.25) is 0 Å². The Labute approximate surface area is 389 Å². The molecule has 0 unspecified atom stereocenters. The fourth-order valence-electron chi connectivity index (χ4n) is 8.17. The van der Waals surface area contributed by atoms with Crippen molar-refractivity contribution in [1.29, 1.82) is 0 Å². The van der Waals surface area contributed by atoms with Crippen LogP contribution in [0.5, 0.6) is 0 Å². The lowest BCUT2D eigenvalue weighted by molar-refractivity contribution is -0.192. The summed E-state index contributed by atoms with van der Waals surface area (Å²) in [5.74, 6) is -2.08. The predicted molar refractivity (Wildman–Crippen MR) is 241 cm³/mol. The number of amides is 4. The average molecular weight is 949 g/mol. The standard InChI is InChI=1S/C44H54N10O7.C2HF3O2/c1-25(2)37(52(6)43(58)59)41(56)54-19-9-11-36(54)39-46-22-32(49-39)27-14-12-26(13-15-27)31-21-45-30-20-28(16-17-29(30)48-31)33-23-47-38(50-33)35-10-8-18-53(35)40(55)34(51-42(57)60-7)24-61-44(3,4)5;3-2(4,5)1(6)7/h12-17,20-23,25,34-37H,8-11,18-19,24H2,1-7H3,(H,46,49)(H,47,50)(H,51,57)(H,58,59);(H,6,7)/t34-,35+,36+,37+;/m1./s1. The van der Waals surface area contributed by atoms with Gasteiger partial charge in [-0.15, -0.1) is 0 Å². The number of aliphatic carboxylic acids is 1. The number of carbonyl (C=O) groups excluding carboxylic acids is 3. The first-order chi connectivity index (χ1) is 32.1. The summed E-state index contributed by atoms with van der Waals surface area (Å²) in [5, 5.41) is 19.4. The van der Waals surface area contributed by atoms with Crippen LogP contribution >= 0.6 is 0 Å². The maximum atomic E-state index is 13.8. The molecule has 5 aromatic rings. The number of likely N-dealkylation sites (N-methyl/N-ethyl adjacent to an activating group) is 1. The summed E-state index contributed by atoms with van der Waals surface area (Å²) < 4.78 is 42.4. The molecule has 364 valence electrons. The van der Waals surface area contributed by atoms with Gasteiger partial charge in [-0.05, 0) is 70.1 Å². The van der Waals surface area contributed by atoms with Crippen LogP contribution in [0.15, 0.2) is 61.1 Å². The molecule has 0 radical (unpaired) electrons. The summed E-state index contributed by atoms with van der Waals surface area (Å²) in [7, 11) is 2.70. The van der Waals surface area contributed by atoms with E-state index < -0.39 is 42.0 Å². The third-order valence-corrected chi connectivity index (χ3v) is 11.5. The van der Waals surface area contributed by atoms with Crippen molar-refractivity contribution < 1.29 is 56.8 Å². The number of imidazole rings is 2. The highest BCUT2D eigenvalue weighted by Crippen LogP contribution is 2.35. The molecule has 5 heterocycles. The summed E-state index contributed by atoms with van der Waals surface area (Å²) in [6.45, 7) is 10.4. The van der Waals surface area contributed by atoms with Gasteiger partial charge in [-0.3, -0.25) is 19.5 Å². The number of carbonyl (C=O) groups is 5. The van der Waals surface area contributed by atoms with Gasteiger partial charge >= 0.3 is 24.3 Å². The number of aromatic nitrogens is 6. The molecule has 2 fully saturated rings. The number of hydrogen-bond donors (Lipinski definition) is 5. The minimum Gasteiger partial charge on any atom is -0.475 e. The van der Waals surface area contributed by atoms with Crippen LogP contribution in [-0.2, 0) is 23.9 Å². The zero-order valence-electron chi connectivity index (χ0n) is 38.6. The molecule has 0 bridgehead atoms. The molecule has 22 heteroatoms. The number of rotatable bonds is 12. The monoisotopic (exact) mass is 948 g/mol. The maximum absolute atomic E-state index is 13.8. The number of alkyl carbamates (subject to hydrolysis) is 1. The maximum Gasteiger partial charge on any atom is 0.490 e. The minimum atomic E-state index is -5.08. The summed E-state index contributed by atoms with van der Waals surface area (Å²) in [6, 6.07) is 11.5. The van der Waals surface area contributed by atoms with Gasteiger partial charge in [0.1, 0.15) is 23.7 Å². The molecule has 2 aliphatic heterocycles. The van der Waals surface area contributed by atoms with Crippen LogP contribution in [0.4, 0.5) is 22.8 Å². The number of ether oxygens (including phenoxy) is 2. The number of methoxy groups -OCH3 is 1. The zero-order valence-corrected chi connectivity index (χ0v) is 38.6. The van der Waals surface area contributed by atoms with E-state index in [0.717, 1.165) is 64.2 Å². The lowest BCUT2D eigenvalue weighted by Crippen LogP contribution is -2.51. The molecular weight excluding hydrogens is 894 g/mol. The molecular formula is C46H55F3N10O9. The summed E-state index contributed by atoms with van der Waals surface area (Å²) in [5.41, 5.74) is 5.90. The molecule has 5 N–H and O–H groups in total. The van der Waals surface area contributed by atoms with Crippen LogP contribution in [0.1, 0.15) is 84.0 Å². The summed E-state index contributed by atoms with van der Waals surface area (Å²) in [4.78, 5) is 90.6. The molecule has 19 nitrogen and oxygen atoms in total. The van der Waals surface area contributed by atoms with E-state index in [4.69, 9.17) is 29.3 Å². The van der Waals surface area contributed by atoms with Gasteiger partial charge in [0, 0.05) is 31.3 Å². The van der Waals surface area contributed by atoms with Crippen molar-refractivity contribution in [2.75, 3.05) is 33.9 Å². The number of likely N-dealkylation sites (tertiary alicyclic amines) is 2. The Kier molecular flexibility index (Phi) is 15.4. The van der Waals surface area contributed by atoms with E-state index in [-0.39, 0.29) is 36.4 Å². The van der Waals surface area contributed by atoms with Gasteiger partial charge in [-0.2, -0.15) is 13.2 Å². The van der Waals surface area contributed by atoms with Crippen molar-refractivity contribution in [3.05, 3.63) is 72.7 Å². The SMILES string of the molecule is COC(=O)N[C@H](COC(C)(C)C)C(=O)N1CCC[C@H]1c1ncc(-c2ccc3nc(-c4ccc(-c5cnc([C@@H]6CCCN6C(=O)[C@H](C(C)C)N(C)C(=O)O)[nH]5)cc4)cnc3c2)[nH]1.O=C(O)C(F)(F)F. The largest absolute Gasteiger partial charge is 0.490 e. The van der Waals surface area contributed by atoms with Crippen molar-refractivity contribution in [3.63, 3.8) is 0 Å². The van der Waals surface area contributed by atoms with Gasteiger partial charge in [-0.25, -0.2) is 29.3 Å². The Morgan fingerprint density at radius 3 is 1.85 bits per heavy atom. The molecule has 2 aliphatic rings. The summed E-state index contributed by atoms with van der Waals surface area (Å²) in [6.07, 6.45) is 1.39. The first-order valence-corrected chi connectivity index (χ1v) is 21.9. The van der Waals surface area contributed by atoms with Crippen molar-refractivity contribution >= 4 is 41.0 Å². The van der Waals surface area contributed by atoms with Crippen LogP contribution < -0.4 is 5.32 Å². The number of aromatic amines is 2. The van der Waals surface area contributed by atoms with E-state index in [1.165, 1.54) is 14.2 Å². The fraction of sp³-hybridized carbons (Fsp3) is 0.457. The van der Waals surface area contributed by atoms with Crippen molar-refractivity contribution in [1.82, 2.24) is 49.9 Å². The zero-order chi connectivity index (χ0) is 49.7. The molecule has 7 rings (SSSR count). The van der Waals surface area contributed by atoms with Gasteiger partial charge < -0.3 is 44.8 Å². The topological polar surface area (TPSA) is 249 Å². The number of H-pyrrole nitrogens is 2. The molecule has 2 aromatic carbocycles. The second kappa shape index (κ2) is 20.8. The molecule has 0 saturated carbocycles. The molecule has 4 amide bonds. The van der Waals surface area contributed by atoms with Crippen LogP contribution in [0.3, 0.4) is 0 Å². The lowest BCUT2D eigenvalue weighted by atomic mass is 10.0. The van der Waals surface area contributed by atoms with Gasteiger partial charge in [0.05, 0.1) is 78.1 Å². The van der Waals surface area contributed by atoms with Crippen LogP contribution in [0, 0.1) is 5.92 Å². The summed E-state index contributed by atoms with van der Waals surface area (Å²) >= 11 is 0. The quantitative estimate of drug-likeness (QED) is 0.0830. The van der Waals surface area contributed by atoms with E-state index in [2.05, 4.69) is 25.3 Å². The number of benzene rings is 2. The van der Waals surface area contributed by atoms with Gasteiger partial charge in [-0.1, -0.05) is 44.2 Å².